The molecule has 4 aliphatic rings. The second kappa shape index (κ2) is 10.8. The van der Waals surface area contributed by atoms with Crippen LogP contribution in [0.4, 0.5) is 5.69 Å². The zero-order valence-electron chi connectivity index (χ0n) is 21.0. The van der Waals surface area contributed by atoms with Crippen molar-refractivity contribution >= 4 is 17.5 Å². The van der Waals surface area contributed by atoms with Crippen molar-refractivity contribution < 1.29 is 38.4 Å². The first-order valence-corrected chi connectivity index (χ1v) is 13.2. The van der Waals surface area contributed by atoms with Gasteiger partial charge in [0.05, 0.1) is 19.1 Å². The Bertz CT molecular complexity index is 1200. The molecule has 2 fully saturated rings. The summed E-state index contributed by atoms with van der Waals surface area (Å²) in [7, 11) is 0. The SMILES string of the molecule is O=C(C[C@@H]1C[C@H]2c3cc(NC(=O)C4CCOCC4)ccc3O[C@H]2[C@H](CO)O1)NCc1ccc2c(c1)OCO2. The Morgan fingerprint density at radius 3 is 2.66 bits per heavy atom. The average Bonchev–Trinajstić information content (AvgIpc) is 3.56. The third-order valence-electron chi connectivity index (χ3n) is 7.70. The Hall–Kier alpha value is -3.34. The fourth-order valence-corrected chi connectivity index (χ4v) is 5.70. The lowest BCUT2D eigenvalue weighted by Gasteiger charge is -2.37. The van der Waals surface area contributed by atoms with Crippen molar-refractivity contribution in [1.82, 2.24) is 5.32 Å². The van der Waals surface area contributed by atoms with E-state index in [1.54, 1.807) is 0 Å². The van der Waals surface area contributed by atoms with Gasteiger partial charge >= 0.3 is 0 Å². The van der Waals surface area contributed by atoms with E-state index in [1.165, 1.54) is 0 Å². The lowest BCUT2D eigenvalue weighted by atomic mass is 9.84. The number of aliphatic hydroxyl groups is 1. The molecule has 0 bridgehead atoms. The largest absolute Gasteiger partial charge is 0.487 e. The van der Waals surface area contributed by atoms with Crippen LogP contribution in [-0.4, -0.2) is 61.8 Å². The van der Waals surface area contributed by atoms with Gasteiger partial charge in [0.2, 0.25) is 18.6 Å². The number of fused-ring (bicyclic) bond motifs is 4. The minimum Gasteiger partial charge on any atom is -0.487 e. The van der Waals surface area contributed by atoms with E-state index in [4.69, 9.17) is 23.7 Å². The highest BCUT2D eigenvalue weighted by Crippen LogP contribution is 2.47. The van der Waals surface area contributed by atoms with Gasteiger partial charge in [-0.3, -0.25) is 9.59 Å². The molecule has 4 aliphatic heterocycles. The van der Waals surface area contributed by atoms with Crippen molar-refractivity contribution in [3.05, 3.63) is 47.5 Å². The van der Waals surface area contributed by atoms with Crippen LogP contribution >= 0.6 is 0 Å². The molecule has 10 heteroatoms. The minimum atomic E-state index is -0.548. The van der Waals surface area contributed by atoms with Crippen molar-refractivity contribution in [1.29, 1.82) is 0 Å². The van der Waals surface area contributed by atoms with Gasteiger partial charge in [0.25, 0.3) is 0 Å². The van der Waals surface area contributed by atoms with Crippen LogP contribution in [0.25, 0.3) is 0 Å². The summed E-state index contributed by atoms with van der Waals surface area (Å²) in [4.78, 5) is 25.5. The van der Waals surface area contributed by atoms with Crippen molar-refractivity contribution in [2.45, 2.75) is 56.5 Å². The smallest absolute Gasteiger partial charge is 0.231 e. The molecule has 2 saturated heterocycles. The summed E-state index contributed by atoms with van der Waals surface area (Å²) in [5.41, 5.74) is 2.59. The number of ether oxygens (including phenoxy) is 5. The number of rotatable bonds is 7. The maximum atomic E-state index is 12.8. The summed E-state index contributed by atoms with van der Waals surface area (Å²) in [5.74, 6) is 1.85. The molecule has 0 saturated carbocycles. The quantitative estimate of drug-likeness (QED) is 0.505. The lowest BCUT2D eigenvalue weighted by molar-refractivity contribution is -0.142. The molecule has 2 amide bonds. The number of hydrogen-bond donors (Lipinski definition) is 3. The minimum absolute atomic E-state index is 0.000865. The lowest BCUT2D eigenvalue weighted by Crippen LogP contribution is -2.47. The van der Waals surface area contributed by atoms with E-state index in [1.807, 2.05) is 36.4 Å². The third kappa shape index (κ3) is 5.16. The van der Waals surface area contributed by atoms with Crippen molar-refractivity contribution in [3.8, 4) is 17.2 Å². The second-order valence-corrected chi connectivity index (χ2v) is 10.2. The molecular formula is C28H32N2O8. The predicted molar refractivity (Wildman–Crippen MR) is 135 cm³/mol. The van der Waals surface area contributed by atoms with Gasteiger partial charge in [-0.15, -0.1) is 0 Å². The summed E-state index contributed by atoms with van der Waals surface area (Å²) in [6.45, 7) is 1.56. The molecule has 0 aromatic heterocycles. The van der Waals surface area contributed by atoms with Crippen LogP contribution < -0.4 is 24.8 Å². The van der Waals surface area contributed by atoms with Gasteiger partial charge in [-0.25, -0.2) is 0 Å². The molecule has 0 aliphatic carbocycles. The number of hydrogen-bond acceptors (Lipinski definition) is 8. The molecule has 38 heavy (non-hydrogen) atoms. The van der Waals surface area contributed by atoms with Crippen LogP contribution in [0.5, 0.6) is 17.2 Å². The van der Waals surface area contributed by atoms with E-state index in [2.05, 4.69) is 10.6 Å². The number of carbonyl (C=O) groups excluding carboxylic acids is 2. The van der Waals surface area contributed by atoms with Gasteiger partial charge < -0.3 is 39.4 Å². The van der Waals surface area contributed by atoms with Crippen LogP contribution in [0.15, 0.2) is 36.4 Å². The zero-order valence-corrected chi connectivity index (χ0v) is 21.0. The molecule has 0 radical (unpaired) electrons. The summed E-state index contributed by atoms with van der Waals surface area (Å²) in [5, 5.41) is 16.0. The van der Waals surface area contributed by atoms with Crippen LogP contribution in [0.1, 0.15) is 42.7 Å². The molecule has 0 unspecified atom stereocenters. The molecule has 202 valence electrons. The Morgan fingerprint density at radius 2 is 1.82 bits per heavy atom. The average molecular weight is 525 g/mol. The molecule has 3 N–H and O–H groups in total. The van der Waals surface area contributed by atoms with E-state index in [0.29, 0.717) is 37.7 Å². The molecule has 0 spiro atoms. The predicted octanol–water partition coefficient (Wildman–Crippen LogP) is 2.48. The monoisotopic (exact) mass is 524 g/mol. The number of anilines is 1. The van der Waals surface area contributed by atoms with Crippen molar-refractivity contribution in [3.63, 3.8) is 0 Å². The molecule has 6 rings (SSSR count). The number of carbonyl (C=O) groups is 2. The first-order valence-electron chi connectivity index (χ1n) is 13.2. The Balaban J connectivity index is 1.09. The van der Waals surface area contributed by atoms with Gasteiger partial charge in [0.1, 0.15) is 18.0 Å². The number of nitrogens with one attached hydrogen (secondary N) is 2. The van der Waals surface area contributed by atoms with Crippen LogP contribution in [-0.2, 0) is 25.6 Å². The molecule has 2 aromatic rings. The molecule has 4 heterocycles. The van der Waals surface area contributed by atoms with E-state index < -0.39 is 6.10 Å². The normalized spacial score (nSPS) is 25.7. The Morgan fingerprint density at radius 1 is 1.00 bits per heavy atom. The van der Waals surface area contributed by atoms with Crippen LogP contribution in [0, 0.1) is 5.92 Å². The highest BCUT2D eigenvalue weighted by Gasteiger charge is 2.46. The van der Waals surface area contributed by atoms with Crippen molar-refractivity contribution in [2.24, 2.45) is 5.92 Å². The number of benzene rings is 2. The first kappa shape index (κ1) is 25.0. The summed E-state index contributed by atoms with van der Waals surface area (Å²) in [6.07, 6.45) is 0.914. The Kier molecular flexibility index (Phi) is 7.10. The zero-order chi connectivity index (χ0) is 26.1. The highest BCUT2D eigenvalue weighted by atomic mass is 16.7. The second-order valence-electron chi connectivity index (χ2n) is 10.2. The summed E-state index contributed by atoms with van der Waals surface area (Å²) in [6, 6.07) is 11.2. The van der Waals surface area contributed by atoms with E-state index in [-0.39, 0.29) is 55.7 Å². The van der Waals surface area contributed by atoms with E-state index >= 15 is 0 Å². The number of aliphatic hydroxyl groups excluding tert-OH is 1. The first-order chi connectivity index (χ1) is 18.6. The molecule has 4 atom stereocenters. The number of amides is 2. The van der Waals surface area contributed by atoms with Gasteiger partial charge in [-0.05, 0) is 55.2 Å². The van der Waals surface area contributed by atoms with E-state index in [9.17, 15) is 14.7 Å². The van der Waals surface area contributed by atoms with Gasteiger partial charge in [-0.1, -0.05) is 6.07 Å². The fraction of sp³-hybridized carbons (Fsp3) is 0.500. The maximum Gasteiger partial charge on any atom is 0.231 e. The Labute approximate surface area is 220 Å². The summed E-state index contributed by atoms with van der Waals surface area (Å²) < 4.78 is 28.3. The third-order valence-corrected chi connectivity index (χ3v) is 7.70. The molecule has 2 aromatic carbocycles. The van der Waals surface area contributed by atoms with Gasteiger partial charge in [0, 0.05) is 42.8 Å². The standard InChI is InChI=1S/C28H32N2O8/c31-14-25-27-21(20-10-18(2-4-22(20)38-27)30-28(33)17-5-7-34-8-6-17)11-19(37-25)12-26(32)29-13-16-1-3-23-24(9-16)36-15-35-23/h1-4,9-10,17,19,21,25,27,31H,5-8,11-15H2,(H,29,32)(H,30,33)/t19-,21-,25-,27+/m0/s1. The highest BCUT2D eigenvalue weighted by molar-refractivity contribution is 5.92. The molecule has 10 nitrogen and oxygen atoms in total. The maximum absolute atomic E-state index is 12.8. The van der Waals surface area contributed by atoms with E-state index in [0.717, 1.165) is 35.4 Å². The topological polar surface area (TPSA) is 125 Å². The summed E-state index contributed by atoms with van der Waals surface area (Å²) >= 11 is 0. The van der Waals surface area contributed by atoms with Crippen LogP contribution in [0.3, 0.4) is 0 Å². The van der Waals surface area contributed by atoms with Crippen LogP contribution in [0.2, 0.25) is 0 Å². The fourth-order valence-electron chi connectivity index (χ4n) is 5.70. The van der Waals surface area contributed by atoms with Gasteiger partial charge in [0.15, 0.2) is 11.5 Å². The molecular weight excluding hydrogens is 492 g/mol. The van der Waals surface area contributed by atoms with Gasteiger partial charge in [-0.2, -0.15) is 0 Å². The van der Waals surface area contributed by atoms with Crippen molar-refractivity contribution in [2.75, 3.05) is 31.9 Å².